The molecule has 1 fully saturated rings. The van der Waals surface area contributed by atoms with Gasteiger partial charge < -0.3 is 4.74 Å². The van der Waals surface area contributed by atoms with Crippen LogP contribution in [-0.4, -0.2) is 24.3 Å². The van der Waals surface area contributed by atoms with E-state index in [4.69, 9.17) is 4.74 Å². The van der Waals surface area contributed by atoms with Crippen molar-refractivity contribution in [1.82, 2.24) is 24.3 Å². The molecule has 0 aliphatic heterocycles. The second kappa shape index (κ2) is 8.57. The van der Waals surface area contributed by atoms with Crippen molar-refractivity contribution in [2.24, 2.45) is 13.0 Å². The van der Waals surface area contributed by atoms with Crippen LogP contribution in [0.5, 0.6) is 11.5 Å². The number of pyridine rings is 1. The first kappa shape index (κ1) is 20.4. The fourth-order valence-corrected chi connectivity index (χ4v) is 4.63. The highest BCUT2D eigenvalue weighted by Crippen LogP contribution is 2.32. The zero-order valence-corrected chi connectivity index (χ0v) is 18.4. The van der Waals surface area contributed by atoms with Crippen molar-refractivity contribution in [1.29, 1.82) is 0 Å². The number of aryl methyl sites for hydroxylation is 1. The quantitative estimate of drug-likeness (QED) is 0.440. The molecular weight excluding hydrogens is 402 g/mol. The van der Waals surface area contributed by atoms with Crippen LogP contribution in [0.3, 0.4) is 0 Å². The molecule has 1 saturated carbocycles. The molecule has 3 aromatic heterocycles. The molecular formula is C25H27N5O2. The van der Waals surface area contributed by atoms with Gasteiger partial charge in [-0.15, -0.1) is 0 Å². The number of nitrogens with zero attached hydrogens (tertiary/aromatic N) is 5. The van der Waals surface area contributed by atoms with Crippen molar-refractivity contribution >= 4 is 10.9 Å². The molecule has 32 heavy (non-hydrogen) atoms. The van der Waals surface area contributed by atoms with Gasteiger partial charge in [0.15, 0.2) is 0 Å². The number of ether oxygens (including phenoxy) is 1. The molecule has 7 nitrogen and oxygen atoms in total. The molecule has 3 heterocycles. The lowest BCUT2D eigenvalue weighted by atomic mass is 9.84. The fraction of sp³-hybridized carbons (Fsp3) is 0.360. The monoisotopic (exact) mass is 429 g/mol. The van der Waals surface area contributed by atoms with E-state index in [2.05, 4.69) is 22.0 Å². The van der Waals surface area contributed by atoms with Crippen LogP contribution in [0.1, 0.15) is 45.1 Å². The predicted octanol–water partition coefficient (Wildman–Crippen LogP) is 5.13. The first-order valence-electron chi connectivity index (χ1n) is 11.2. The zero-order chi connectivity index (χ0) is 22.1. The molecule has 4 aromatic rings. The van der Waals surface area contributed by atoms with Crippen molar-refractivity contribution < 1.29 is 4.74 Å². The Hall–Kier alpha value is -3.48. The zero-order valence-electron chi connectivity index (χ0n) is 18.4. The maximum atomic E-state index is 13.3. The Balaban J connectivity index is 1.44. The SMILES string of the molecule is C[C@@H](C1CCCCC1)n1cnc2ccc(Oc3ccnc(-c4cnn(C)c4)c3)cc2c1=O. The van der Waals surface area contributed by atoms with Gasteiger partial charge in [0.1, 0.15) is 11.5 Å². The van der Waals surface area contributed by atoms with E-state index in [1.54, 1.807) is 40.1 Å². The van der Waals surface area contributed by atoms with E-state index in [1.165, 1.54) is 32.1 Å². The molecule has 0 spiro atoms. The Kier molecular flexibility index (Phi) is 5.47. The maximum Gasteiger partial charge on any atom is 0.261 e. The molecule has 1 atom stereocenters. The minimum atomic E-state index is -0.00991. The Labute approximate surface area is 186 Å². The Morgan fingerprint density at radius 1 is 1.06 bits per heavy atom. The molecule has 0 bridgehead atoms. The van der Waals surface area contributed by atoms with E-state index >= 15 is 0 Å². The number of aromatic nitrogens is 5. The van der Waals surface area contributed by atoms with Gasteiger partial charge in [-0.05, 0) is 49.9 Å². The van der Waals surface area contributed by atoms with E-state index in [9.17, 15) is 4.79 Å². The lowest BCUT2D eigenvalue weighted by molar-refractivity contribution is 0.259. The minimum absolute atomic E-state index is 0.00991. The summed E-state index contributed by atoms with van der Waals surface area (Å²) in [7, 11) is 1.87. The largest absolute Gasteiger partial charge is 0.457 e. The van der Waals surface area contributed by atoms with Crippen LogP contribution in [0.4, 0.5) is 0 Å². The van der Waals surface area contributed by atoms with Crippen LogP contribution in [-0.2, 0) is 7.05 Å². The van der Waals surface area contributed by atoms with E-state index < -0.39 is 0 Å². The molecule has 0 radical (unpaired) electrons. The maximum absolute atomic E-state index is 13.3. The highest BCUT2D eigenvalue weighted by Gasteiger charge is 2.22. The van der Waals surface area contributed by atoms with E-state index in [0.29, 0.717) is 28.3 Å². The molecule has 0 saturated heterocycles. The third-order valence-corrected chi connectivity index (χ3v) is 6.49. The number of rotatable bonds is 5. The van der Waals surface area contributed by atoms with Crippen molar-refractivity contribution in [3.63, 3.8) is 0 Å². The average molecular weight is 430 g/mol. The summed E-state index contributed by atoms with van der Waals surface area (Å²) in [5, 5.41) is 4.78. The van der Waals surface area contributed by atoms with Gasteiger partial charge in [0.05, 0.1) is 29.1 Å². The van der Waals surface area contributed by atoms with E-state index in [1.807, 2.05) is 31.4 Å². The van der Waals surface area contributed by atoms with Crippen LogP contribution in [0.25, 0.3) is 22.2 Å². The first-order chi connectivity index (χ1) is 15.6. The smallest absolute Gasteiger partial charge is 0.261 e. The van der Waals surface area contributed by atoms with Gasteiger partial charge in [-0.1, -0.05) is 19.3 Å². The highest BCUT2D eigenvalue weighted by molar-refractivity contribution is 5.79. The summed E-state index contributed by atoms with van der Waals surface area (Å²) in [6, 6.07) is 9.29. The Morgan fingerprint density at radius 2 is 1.88 bits per heavy atom. The topological polar surface area (TPSA) is 74.8 Å². The summed E-state index contributed by atoms with van der Waals surface area (Å²) >= 11 is 0. The third kappa shape index (κ3) is 4.02. The number of fused-ring (bicyclic) bond motifs is 1. The second-order valence-corrected chi connectivity index (χ2v) is 8.66. The highest BCUT2D eigenvalue weighted by atomic mass is 16.5. The van der Waals surface area contributed by atoms with Crippen molar-refractivity contribution in [2.45, 2.75) is 45.1 Å². The second-order valence-electron chi connectivity index (χ2n) is 8.66. The summed E-state index contributed by atoms with van der Waals surface area (Å²) in [6.45, 7) is 2.14. The molecule has 1 aliphatic carbocycles. The normalized spacial score (nSPS) is 15.7. The standard InChI is InChI=1S/C25H27N5O2/c1-17(18-6-4-3-5-7-18)30-16-27-23-9-8-20(12-22(23)25(30)31)32-21-10-11-26-24(13-21)19-14-28-29(2)15-19/h8-18H,3-7H2,1-2H3/t17-/m0/s1. The van der Waals surface area contributed by atoms with E-state index in [-0.39, 0.29) is 11.6 Å². The van der Waals surface area contributed by atoms with Crippen LogP contribution in [0.2, 0.25) is 0 Å². The lowest BCUT2D eigenvalue weighted by Crippen LogP contribution is -2.29. The van der Waals surface area contributed by atoms with Crippen molar-refractivity contribution in [3.05, 3.63) is 65.6 Å². The van der Waals surface area contributed by atoms with Crippen LogP contribution >= 0.6 is 0 Å². The van der Waals surface area contributed by atoms with Gasteiger partial charge in [-0.2, -0.15) is 5.10 Å². The summed E-state index contributed by atoms with van der Waals surface area (Å²) in [5.74, 6) is 1.78. The molecule has 1 aromatic carbocycles. The lowest BCUT2D eigenvalue weighted by Gasteiger charge is -2.28. The molecule has 7 heteroatoms. The number of benzene rings is 1. The summed E-state index contributed by atoms with van der Waals surface area (Å²) < 4.78 is 9.62. The van der Waals surface area contributed by atoms with Gasteiger partial charge >= 0.3 is 0 Å². The van der Waals surface area contributed by atoms with Gasteiger partial charge in [0.2, 0.25) is 0 Å². The van der Waals surface area contributed by atoms with Gasteiger partial charge in [0, 0.05) is 37.1 Å². The Bertz CT molecular complexity index is 1300. The van der Waals surface area contributed by atoms with Crippen LogP contribution in [0.15, 0.2) is 60.0 Å². The summed E-state index contributed by atoms with van der Waals surface area (Å²) in [5.41, 5.74) is 2.37. The van der Waals surface area contributed by atoms with Crippen molar-refractivity contribution in [3.8, 4) is 22.8 Å². The first-order valence-corrected chi connectivity index (χ1v) is 11.2. The van der Waals surface area contributed by atoms with E-state index in [0.717, 1.165) is 11.3 Å². The molecule has 1 aliphatic rings. The molecule has 0 amide bonds. The van der Waals surface area contributed by atoms with Gasteiger partial charge in [-0.3, -0.25) is 19.0 Å². The third-order valence-electron chi connectivity index (χ3n) is 6.49. The van der Waals surface area contributed by atoms with Crippen LogP contribution in [0, 0.1) is 5.92 Å². The summed E-state index contributed by atoms with van der Waals surface area (Å²) in [6.07, 6.45) is 13.2. The molecule has 0 N–H and O–H groups in total. The number of hydrogen-bond donors (Lipinski definition) is 0. The predicted molar refractivity (Wildman–Crippen MR) is 124 cm³/mol. The molecule has 5 rings (SSSR count). The molecule has 0 unspecified atom stereocenters. The van der Waals surface area contributed by atoms with Crippen LogP contribution < -0.4 is 10.3 Å². The minimum Gasteiger partial charge on any atom is -0.457 e. The Morgan fingerprint density at radius 3 is 2.66 bits per heavy atom. The van der Waals surface area contributed by atoms with Gasteiger partial charge in [-0.25, -0.2) is 4.98 Å². The summed E-state index contributed by atoms with van der Waals surface area (Å²) in [4.78, 5) is 22.3. The van der Waals surface area contributed by atoms with Crippen molar-refractivity contribution in [2.75, 3.05) is 0 Å². The fourth-order valence-electron chi connectivity index (χ4n) is 4.63. The average Bonchev–Trinajstić information content (AvgIpc) is 3.26. The molecule has 164 valence electrons. The number of hydrogen-bond acceptors (Lipinski definition) is 5. The van der Waals surface area contributed by atoms with Gasteiger partial charge in [0.25, 0.3) is 5.56 Å².